The van der Waals surface area contributed by atoms with Gasteiger partial charge in [-0.1, -0.05) is 18.2 Å². The molecule has 0 aliphatic carbocycles. The number of hydrogen-bond donors (Lipinski definition) is 1. The molecule has 1 fully saturated rings. The third-order valence-corrected chi connectivity index (χ3v) is 7.62. The van der Waals surface area contributed by atoms with Gasteiger partial charge in [-0.3, -0.25) is 9.48 Å². The van der Waals surface area contributed by atoms with Crippen molar-refractivity contribution in [3.63, 3.8) is 0 Å². The SMILES string of the molecule is O=C(Nc1cccc(Cn2cccn2)c1)C1CCN(S(=O)(=O)c2cccc(C(F)(F)F)c2)CC1. The molecular formula is C23H23F3N4O3S. The molecule has 34 heavy (non-hydrogen) atoms. The maximum absolute atomic E-state index is 13.0. The van der Waals surface area contributed by atoms with E-state index < -0.39 is 32.6 Å². The maximum atomic E-state index is 13.0. The Bertz CT molecular complexity index is 1250. The number of sulfonamides is 1. The summed E-state index contributed by atoms with van der Waals surface area (Å²) in [5.74, 6) is -0.616. The molecule has 0 spiro atoms. The lowest BCUT2D eigenvalue weighted by atomic mass is 9.97. The average molecular weight is 493 g/mol. The first-order valence-electron chi connectivity index (χ1n) is 10.7. The van der Waals surface area contributed by atoms with Crippen LogP contribution >= 0.6 is 0 Å². The van der Waals surface area contributed by atoms with Gasteiger partial charge in [-0.15, -0.1) is 0 Å². The molecule has 1 aromatic heterocycles. The third kappa shape index (κ3) is 5.48. The molecule has 1 saturated heterocycles. The number of hydrogen-bond acceptors (Lipinski definition) is 4. The highest BCUT2D eigenvalue weighted by Gasteiger charge is 2.35. The molecule has 0 atom stereocenters. The molecule has 0 unspecified atom stereocenters. The van der Waals surface area contributed by atoms with E-state index >= 15 is 0 Å². The van der Waals surface area contributed by atoms with Crippen LogP contribution in [0.3, 0.4) is 0 Å². The van der Waals surface area contributed by atoms with Crippen molar-refractivity contribution in [2.75, 3.05) is 18.4 Å². The van der Waals surface area contributed by atoms with E-state index in [-0.39, 0.29) is 31.8 Å². The smallest absolute Gasteiger partial charge is 0.326 e. The fraction of sp³-hybridized carbons (Fsp3) is 0.304. The molecular weight excluding hydrogens is 469 g/mol. The molecule has 7 nitrogen and oxygen atoms in total. The summed E-state index contributed by atoms with van der Waals surface area (Å²) in [6.07, 6.45) is -0.558. The van der Waals surface area contributed by atoms with Crippen LogP contribution in [-0.2, 0) is 27.5 Å². The molecule has 3 aromatic rings. The summed E-state index contributed by atoms with van der Waals surface area (Å²) in [6.45, 7) is 0.661. The van der Waals surface area contributed by atoms with Crippen LogP contribution < -0.4 is 5.32 Å². The van der Waals surface area contributed by atoms with Crippen molar-refractivity contribution in [3.8, 4) is 0 Å². The fourth-order valence-electron chi connectivity index (χ4n) is 3.91. The normalized spacial score (nSPS) is 15.9. The Hall–Kier alpha value is -3.18. The van der Waals surface area contributed by atoms with Gasteiger partial charge in [0.15, 0.2) is 0 Å². The number of piperidine rings is 1. The fourth-order valence-corrected chi connectivity index (χ4v) is 5.43. The first-order valence-corrected chi connectivity index (χ1v) is 12.1. The van der Waals surface area contributed by atoms with Crippen molar-refractivity contribution >= 4 is 21.6 Å². The zero-order chi connectivity index (χ0) is 24.3. The molecule has 1 aliphatic rings. The highest BCUT2D eigenvalue weighted by molar-refractivity contribution is 7.89. The molecule has 1 amide bonds. The average Bonchev–Trinajstić information content (AvgIpc) is 3.32. The number of aromatic nitrogens is 2. The van der Waals surface area contributed by atoms with E-state index in [0.717, 1.165) is 28.1 Å². The van der Waals surface area contributed by atoms with Crippen molar-refractivity contribution in [2.24, 2.45) is 5.92 Å². The van der Waals surface area contributed by atoms with E-state index in [9.17, 15) is 26.4 Å². The Morgan fingerprint density at radius 1 is 1.06 bits per heavy atom. The molecule has 11 heteroatoms. The number of halogens is 3. The highest BCUT2D eigenvalue weighted by atomic mass is 32.2. The van der Waals surface area contributed by atoms with Gasteiger partial charge >= 0.3 is 6.18 Å². The molecule has 180 valence electrons. The first kappa shape index (κ1) is 24.0. The molecule has 2 heterocycles. The second-order valence-electron chi connectivity index (χ2n) is 8.10. The van der Waals surface area contributed by atoms with Gasteiger partial charge in [0.2, 0.25) is 15.9 Å². The summed E-state index contributed by atoms with van der Waals surface area (Å²) < 4.78 is 67.5. The van der Waals surface area contributed by atoms with Crippen LogP contribution in [0.25, 0.3) is 0 Å². The van der Waals surface area contributed by atoms with E-state index in [1.807, 2.05) is 30.5 Å². The summed E-state index contributed by atoms with van der Waals surface area (Å²) >= 11 is 0. The topological polar surface area (TPSA) is 84.3 Å². The third-order valence-electron chi connectivity index (χ3n) is 5.72. The number of nitrogens with one attached hydrogen (secondary N) is 1. The molecule has 4 rings (SSSR count). The zero-order valence-corrected chi connectivity index (χ0v) is 18.9. The number of alkyl halides is 3. The van der Waals surface area contributed by atoms with E-state index in [1.54, 1.807) is 16.9 Å². The summed E-state index contributed by atoms with van der Waals surface area (Å²) in [7, 11) is -4.09. The van der Waals surface area contributed by atoms with Gasteiger partial charge in [-0.05, 0) is 54.8 Å². The summed E-state index contributed by atoms with van der Waals surface area (Å²) in [6, 6.07) is 12.9. The van der Waals surface area contributed by atoms with Crippen LogP contribution in [0.4, 0.5) is 18.9 Å². The van der Waals surface area contributed by atoms with Crippen molar-refractivity contribution in [2.45, 2.75) is 30.5 Å². The number of benzene rings is 2. The van der Waals surface area contributed by atoms with Crippen molar-refractivity contribution in [1.29, 1.82) is 0 Å². The highest BCUT2D eigenvalue weighted by Crippen LogP contribution is 2.32. The minimum atomic E-state index is -4.63. The summed E-state index contributed by atoms with van der Waals surface area (Å²) in [5, 5.41) is 7.04. The quantitative estimate of drug-likeness (QED) is 0.564. The molecule has 0 radical (unpaired) electrons. The summed E-state index contributed by atoms with van der Waals surface area (Å²) in [4.78, 5) is 12.4. The Morgan fingerprint density at radius 2 is 1.79 bits per heavy atom. The van der Waals surface area contributed by atoms with E-state index in [2.05, 4.69) is 10.4 Å². The van der Waals surface area contributed by atoms with E-state index in [0.29, 0.717) is 18.3 Å². The van der Waals surface area contributed by atoms with Gasteiger partial charge in [0.05, 0.1) is 17.0 Å². The molecule has 0 saturated carbocycles. The van der Waals surface area contributed by atoms with Gasteiger partial charge < -0.3 is 5.32 Å². The van der Waals surface area contributed by atoms with Crippen molar-refractivity contribution in [1.82, 2.24) is 14.1 Å². The van der Waals surface area contributed by atoms with E-state index in [1.165, 1.54) is 0 Å². The number of carbonyl (C=O) groups is 1. The van der Waals surface area contributed by atoms with Crippen LogP contribution in [0.2, 0.25) is 0 Å². The minimum absolute atomic E-state index is 0.0516. The molecule has 0 bridgehead atoms. The number of nitrogens with zero attached hydrogens (tertiary/aromatic N) is 3. The number of rotatable bonds is 6. The number of amides is 1. The minimum Gasteiger partial charge on any atom is -0.326 e. The monoisotopic (exact) mass is 492 g/mol. The van der Waals surface area contributed by atoms with Crippen LogP contribution in [0, 0.1) is 5.92 Å². The largest absolute Gasteiger partial charge is 0.416 e. The number of anilines is 1. The molecule has 1 aliphatic heterocycles. The Morgan fingerprint density at radius 3 is 2.47 bits per heavy atom. The van der Waals surface area contributed by atoms with Gasteiger partial charge in [-0.2, -0.15) is 22.6 Å². The second kappa shape index (κ2) is 9.59. The zero-order valence-electron chi connectivity index (χ0n) is 18.1. The standard InChI is InChI=1S/C23H23F3N4O3S/c24-23(25,26)19-5-2-7-21(15-19)34(32,33)30-12-8-18(9-13-30)22(31)28-20-6-1-4-17(14-20)16-29-11-3-10-27-29/h1-7,10-11,14-15,18H,8-9,12-13,16H2,(H,28,31). The van der Waals surface area contributed by atoms with Gasteiger partial charge in [0, 0.05) is 37.1 Å². The lowest BCUT2D eigenvalue weighted by Crippen LogP contribution is -2.41. The molecule has 2 aromatic carbocycles. The predicted octanol–water partition coefficient (Wildman–Crippen LogP) is 3.99. The van der Waals surface area contributed by atoms with Gasteiger partial charge in [0.25, 0.3) is 0 Å². The summed E-state index contributed by atoms with van der Waals surface area (Å²) in [5.41, 5.74) is 0.579. The van der Waals surface area contributed by atoms with E-state index in [4.69, 9.17) is 0 Å². The van der Waals surface area contributed by atoms with Crippen molar-refractivity contribution in [3.05, 3.63) is 78.1 Å². The second-order valence-corrected chi connectivity index (χ2v) is 10.0. The first-order chi connectivity index (χ1) is 16.1. The predicted molar refractivity (Wildman–Crippen MR) is 119 cm³/mol. The van der Waals surface area contributed by atoms with Crippen LogP contribution in [0.15, 0.2) is 71.9 Å². The lowest BCUT2D eigenvalue weighted by molar-refractivity contribution is -0.137. The Balaban J connectivity index is 1.37. The Kier molecular flexibility index (Phi) is 6.76. The van der Waals surface area contributed by atoms with Gasteiger partial charge in [-0.25, -0.2) is 8.42 Å². The van der Waals surface area contributed by atoms with Crippen molar-refractivity contribution < 1.29 is 26.4 Å². The van der Waals surface area contributed by atoms with Crippen LogP contribution in [0.5, 0.6) is 0 Å². The van der Waals surface area contributed by atoms with Crippen LogP contribution in [0.1, 0.15) is 24.0 Å². The lowest BCUT2D eigenvalue weighted by Gasteiger charge is -2.30. The van der Waals surface area contributed by atoms with Crippen LogP contribution in [-0.4, -0.2) is 41.5 Å². The van der Waals surface area contributed by atoms with Gasteiger partial charge in [0.1, 0.15) is 0 Å². The number of carbonyl (C=O) groups excluding carboxylic acids is 1. The Labute approximate surface area is 195 Å². The molecule has 1 N–H and O–H groups in total. The maximum Gasteiger partial charge on any atom is 0.416 e.